The molecule has 2 rings (SSSR count). The smallest absolute Gasteiger partial charge is 0.218 e. The van der Waals surface area contributed by atoms with Gasteiger partial charge >= 0.3 is 0 Å². The second kappa shape index (κ2) is 6.20. The number of nitrogens with zero attached hydrogens (tertiary/aromatic N) is 3. The van der Waals surface area contributed by atoms with Crippen LogP contribution in [0.25, 0.3) is 0 Å². The summed E-state index contributed by atoms with van der Waals surface area (Å²) >= 11 is 5.87. The van der Waals surface area contributed by atoms with Gasteiger partial charge in [0, 0.05) is 19.2 Å². The van der Waals surface area contributed by atoms with Gasteiger partial charge < -0.3 is 14.4 Å². The van der Waals surface area contributed by atoms with Crippen molar-refractivity contribution in [3.8, 4) is 5.88 Å². The third-order valence-electron chi connectivity index (χ3n) is 2.74. The van der Waals surface area contributed by atoms with E-state index >= 15 is 0 Å². The highest BCUT2D eigenvalue weighted by Gasteiger charge is 2.25. The van der Waals surface area contributed by atoms with Crippen molar-refractivity contribution >= 4 is 17.4 Å². The second-order valence-electron chi connectivity index (χ2n) is 4.28. The predicted molar refractivity (Wildman–Crippen MR) is 70.5 cm³/mol. The largest absolute Gasteiger partial charge is 0.478 e. The molecule has 1 aromatic heterocycles. The van der Waals surface area contributed by atoms with Gasteiger partial charge in [-0.25, -0.2) is 9.97 Å². The molecule has 1 saturated heterocycles. The first-order valence-corrected chi connectivity index (χ1v) is 6.67. The fraction of sp³-hybridized carbons (Fsp3) is 0.667. The first-order chi connectivity index (χ1) is 8.72. The minimum Gasteiger partial charge on any atom is -0.478 e. The Morgan fingerprint density at radius 2 is 2.33 bits per heavy atom. The lowest BCUT2D eigenvalue weighted by Crippen LogP contribution is -2.47. The highest BCUT2D eigenvalue weighted by molar-refractivity contribution is 6.18. The average molecular weight is 272 g/mol. The van der Waals surface area contributed by atoms with Crippen molar-refractivity contribution in [1.82, 2.24) is 9.97 Å². The molecule has 1 aliphatic rings. The van der Waals surface area contributed by atoms with E-state index in [4.69, 9.17) is 21.1 Å². The Morgan fingerprint density at radius 1 is 1.50 bits per heavy atom. The topological polar surface area (TPSA) is 47.5 Å². The van der Waals surface area contributed by atoms with E-state index in [2.05, 4.69) is 14.9 Å². The molecule has 2 heterocycles. The van der Waals surface area contributed by atoms with Crippen LogP contribution in [0.5, 0.6) is 5.88 Å². The highest BCUT2D eigenvalue weighted by atomic mass is 35.5. The summed E-state index contributed by atoms with van der Waals surface area (Å²) in [5, 5.41) is 0. The van der Waals surface area contributed by atoms with Gasteiger partial charge in [-0.3, -0.25) is 0 Å². The number of morpholine rings is 1. The number of hydrogen-bond donors (Lipinski definition) is 0. The zero-order valence-corrected chi connectivity index (χ0v) is 11.4. The number of hydrogen-bond acceptors (Lipinski definition) is 5. The van der Waals surface area contributed by atoms with Crippen LogP contribution in [0.3, 0.4) is 0 Å². The molecule has 0 N–H and O–H groups in total. The molecule has 1 aromatic rings. The van der Waals surface area contributed by atoms with Crippen LogP contribution < -0.4 is 9.64 Å². The first kappa shape index (κ1) is 13.4. The summed E-state index contributed by atoms with van der Waals surface area (Å²) in [6.07, 6.45) is 1.71. The number of halogens is 1. The van der Waals surface area contributed by atoms with Crippen molar-refractivity contribution in [1.29, 1.82) is 0 Å². The van der Waals surface area contributed by atoms with E-state index in [0.29, 0.717) is 18.4 Å². The SMILES string of the molecule is CCOc1cc(N2CC(C)OC(CCl)C2)ncn1. The van der Waals surface area contributed by atoms with E-state index < -0.39 is 0 Å². The van der Waals surface area contributed by atoms with E-state index in [1.54, 1.807) is 0 Å². The zero-order chi connectivity index (χ0) is 13.0. The second-order valence-corrected chi connectivity index (χ2v) is 4.58. The van der Waals surface area contributed by atoms with Gasteiger partial charge in [0.05, 0.1) is 24.7 Å². The summed E-state index contributed by atoms with van der Waals surface area (Å²) in [5.41, 5.74) is 0. The van der Waals surface area contributed by atoms with Crippen LogP contribution in [-0.2, 0) is 4.74 Å². The van der Waals surface area contributed by atoms with Gasteiger partial charge in [-0.2, -0.15) is 0 Å². The van der Waals surface area contributed by atoms with Gasteiger partial charge in [0.1, 0.15) is 12.1 Å². The molecule has 0 aromatic carbocycles. The van der Waals surface area contributed by atoms with Crippen molar-refractivity contribution in [3.63, 3.8) is 0 Å². The number of aromatic nitrogens is 2. The van der Waals surface area contributed by atoms with Crippen molar-refractivity contribution in [3.05, 3.63) is 12.4 Å². The lowest BCUT2D eigenvalue weighted by Gasteiger charge is -2.36. The Labute approximate surface area is 112 Å². The molecule has 0 amide bonds. The maximum absolute atomic E-state index is 5.87. The Morgan fingerprint density at radius 3 is 3.06 bits per heavy atom. The van der Waals surface area contributed by atoms with E-state index in [0.717, 1.165) is 18.9 Å². The number of ether oxygens (including phenoxy) is 2. The molecule has 1 fully saturated rings. The van der Waals surface area contributed by atoms with E-state index in [-0.39, 0.29) is 12.2 Å². The van der Waals surface area contributed by atoms with Crippen LogP contribution in [0.4, 0.5) is 5.82 Å². The van der Waals surface area contributed by atoms with Crippen molar-refractivity contribution in [2.45, 2.75) is 26.1 Å². The average Bonchev–Trinajstić information content (AvgIpc) is 2.39. The van der Waals surface area contributed by atoms with Crippen LogP contribution in [0.15, 0.2) is 12.4 Å². The Balaban J connectivity index is 2.11. The first-order valence-electron chi connectivity index (χ1n) is 6.14. The van der Waals surface area contributed by atoms with Crippen molar-refractivity contribution < 1.29 is 9.47 Å². The van der Waals surface area contributed by atoms with Gasteiger partial charge in [0.15, 0.2) is 0 Å². The molecule has 0 radical (unpaired) electrons. The number of rotatable bonds is 4. The summed E-state index contributed by atoms with van der Waals surface area (Å²) in [4.78, 5) is 10.5. The van der Waals surface area contributed by atoms with Gasteiger partial charge in [-0.05, 0) is 13.8 Å². The van der Waals surface area contributed by atoms with Gasteiger partial charge in [0.25, 0.3) is 0 Å². The molecule has 2 unspecified atom stereocenters. The van der Waals surface area contributed by atoms with Crippen LogP contribution in [-0.4, -0.2) is 47.8 Å². The Bertz CT molecular complexity index is 391. The fourth-order valence-corrected chi connectivity index (χ4v) is 2.22. The predicted octanol–water partition coefficient (Wildman–Crippen LogP) is 1.71. The lowest BCUT2D eigenvalue weighted by atomic mass is 10.2. The van der Waals surface area contributed by atoms with E-state index in [1.165, 1.54) is 6.33 Å². The maximum Gasteiger partial charge on any atom is 0.218 e. The minimum atomic E-state index is 0.0425. The zero-order valence-electron chi connectivity index (χ0n) is 10.7. The summed E-state index contributed by atoms with van der Waals surface area (Å²) in [6, 6.07) is 1.85. The molecule has 0 saturated carbocycles. The molecule has 0 spiro atoms. The van der Waals surface area contributed by atoms with E-state index in [9.17, 15) is 0 Å². The number of anilines is 1. The third kappa shape index (κ3) is 3.23. The quantitative estimate of drug-likeness (QED) is 0.780. The summed E-state index contributed by atoms with van der Waals surface area (Å²) in [6.45, 7) is 6.12. The fourth-order valence-electron chi connectivity index (χ4n) is 2.05. The monoisotopic (exact) mass is 271 g/mol. The molecule has 100 valence electrons. The van der Waals surface area contributed by atoms with Crippen LogP contribution >= 0.6 is 11.6 Å². The molecule has 1 aliphatic heterocycles. The standard InChI is InChI=1S/C12H18ClN3O2/c1-3-17-12-4-11(14-8-15-12)16-6-9(2)18-10(5-13)7-16/h4,8-10H,3,5-7H2,1-2H3. The number of alkyl halides is 1. The Hall–Kier alpha value is -1.07. The minimum absolute atomic E-state index is 0.0425. The van der Waals surface area contributed by atoms with Gasteiger partial charge in [-0.1, -0.05) is 0 Å². The lowest BCUT2D eigenvalue weighted by molar-refractivity contribution is -0.00359. The van der Waals surface area contributed by atoms with Crippen molar-refractivity contribution in [2.75, 3.05) is 30.5 Å². The molecular formula is C12H18ClN3O2. The van der Waals surface area contributed by atoms with Gasteiger partial charge in [0.2, 0.25) is 5.88 Å². The summed E-state index contributed by atoms with van der Waals surface area (Å²) < 4.78 is 11.1. The maximum atomic E-state index is 5.87. The van der Waals surface area contributed by atoms with E-state index in [1.807, 2.05) is 19.9 Å². The van der Waals surface area contributed by atoms with Crippen LogP contribution in [0, 0.1) is 0 Å². The van der Waals surface area contributed by atoms with Crippen LogP contribution in [0.1, 0.15) is 13.8 Å². The Kier molecular flexibility index (Phi) is 4.60. The molecule has 18 heavy (non-hydrogen) atoms. The molecule has 5 nitrogen and oxygen atoms in total. The molecular weight excluding hydrogens is 254 g/mol. The summed E-state index contributed by atoms with van der Waals surface area (Å²) in [7, 11) is 0. The van der Waals surface area contributed by atoms with Gasteiger partial charge in [-0.15, -0.1) is 11.6 Å². The molecule has 0 aliphatic carbocycles. The molecule has 2 atom stereocenters. The molecule has 6 heteroatoms. The highest BCUT2D eigenvalue weighted by Crippen LogP contribution is 2.21. The van der Waals surface area contributed by atoms with Crippen molar-refractivity contribution in [2.24, 2.45) is 0 Å². The normalized spacial score (nSPS) is 24.1. The molecule has 0 bridgehead atoms. The summed E-state index contributed by atoms with van der Waals surface area (Å²) in [5.74, 6) is 1.95. The third-order valence-corrected chi connectivity index (χ3v) is 3.09. The van der Waals surface area contributed by atoms with Crippen LogP contribution in [0.2, 0.25) is 0 Å².